The minimum absolute atomic E-state index is 0.0719. The standard InChI is InChI=1S/C29H48O5Si2/c1-28(2,18-17-23-14-16-25(31)27(21-23)33-6)36(9,10)34-29(3,4)35(7,8)19-11-12-22-13-15-24(30)26(20-22)32-5/h13-16,20-21,30-31H,11-12,17-19H2,1-10H3/q-2. The molecule has 36 heavy (non-hydrogen) atoms. The molecule has 0 radical (unpaired) electrons. The highest BCUT2D eigenvalue weighted by Gasteiger charge is 2.36. The van der Waals surface area contributed by atoms with E-state index in [1.165, 1.54) is 17.2 Å². The molecule has 0 aromatic heterocycles. The number of phenols is 2. The van der Waals surface area contributed by atoms with Gasteiger partial charge in [0, 0.05) is 0 Å². The Morgan fingerprint density at radius 1 is 0.750 bits per heavy atom. The molecule has 0 fully saturated rings. The van der Waals surface area contributed by atoms with Crippen molar-refractivity contribution in [2.45, 2.75) is 95.9 Å². The minimum Gasteiger partial charge on any atom is -0.585 e. The Kier molecular flexibility index (Phi) is 9.76. The SMILES string of the molecule is COc1cc(CCC[Si-](C)(C)C(C)(C)O[Si-](C)(C)C(C)(C)CCc2ccc(O)c(OC)c2)ccc1O. The molecular formula is C29H48O5Si2-2. The van der Waals surface area contributed by atoms with Crippen LogP contribution >= 0.6 is 0 Å². The molecule has 0 bridgehead atoms. The largest absolute Gasteiger partial charge is 0.585 e. The third-order valence-electron chi connectivity index (χ3n) is 8.56. The van der Waals surface area contributed by atoms with Crippen LogP contribution in [0.2, 0.25) is 37.3 Å². The normalized spacial score (nSPS) is 13.1. The molecule has 0 aliphatic rings. The molecule has 0 aliphatic carbocycles. The van der Waals surface area contributed by atoms with Crippen LogP contribution in [0.3, 0.4) is 0 Å². The predicted molar refractivity (Wildman–Crippen MR) is 155 cm³/mol. The summed E-state index contributed by atoms with van der Waals surface area (Å²) in [5.41, 5.74) is 2.36. The second-order valence-corrected chi connectivity index (χ2v) is 22.3. The lowest BCUT2D eigenvalue weighted by atomic mass is 10.0. The summed E-state index contributed by atoms with van der Waals surface area (Å²) >= 11 is 0. The lowest BCUT2D eigenvalue weighted by Gasteiger charge is -2.63. The van der Waals surface area contributed by atoms with Crippen molar-refractivity contribution in [1.82, 2.24) is 0 Å². The summed E-state index contributed by atoms with van der Waals surface area (Å²) in [4.78, 5) is 0. The number of aromatic hydroxyl groups is 2. The van der Waals surface area contributed by atoms with E-state index in [1.54, 1.807) is 26.4 Å². The highest BCUT2D eigenvalue weighted by molar-refractivity contribution is 6.82. The summed E-state index contributed by atoms with van der Waals surface area (Å²) < 4.78 is 17.7. The van der Waals surface area contributed by atoms with E-state index >= 15 is 0 Å². The van der Waals surface area contributed by atoms with Gasteiger partial charge >= 0.3 is 0 Å². The molecule has 0 amide bonds. The fourth-order valence-electron chi connectivity index (χ4n) is 4.46. The van der Waals surface area contributed by atoms with Crippen LogP contribution in [-0.4, -0.2) is 46.0 Å². The molecule has 0 aliphatic heterocycles. The molecule has 0 spiro atoms. The van der Waals surface area contributed by atoms with Gasteiger partial charge in [-0.1, -0.05) is 57.9 Å². The molecule has 0 saturated heterocycles. The molecule has 204 valence electrons. The second kappa shape index (κ2) is 11.6. The monoisotopic (exact) mass is 532 g/mol. The van der Waals surface area contributed by atoms with Gasteiger partial charge in [0.05, 0.1) is 14.2 Å². The van der Waals surface area contributed by atoms with Gasteiger partial charge in [0.2, 0.25) is 0 Å². The number of hydrogen-bond acceptors (Lipinski definition) is 5. The highest BCUT2D eigenvalue weighted by atomic mass is 28.4. The van der Waals surface area contributed by atoms with Crippen molar-refractivity contribution < 1.29 is 24.1 Å². The topological polar surface area (TPSA) is 68.2 Å². The first-order valence-corrected chi connectivity index (χ1v) is 19.1. The van der Waals surface area contributed by atoms with Crippen LogP contribution in [0.4, 0.5) is 0 Å². The molecule has 0 saturated carbocycles. The van der Waals surface area contributed by atoms with E-state index in [9.17, 15) is 10.2 Å². The number of phenolic OH excluding ortho intramolecular Hbond substituents is 2. The molecule has 2 N–H and O–H groups in total. The van der Waals surface area contributed by atoms with Crippen LogP contribution in [0, 0.1) is 0 Å². The summed E-state index contributed by atoms with van der Waals surface area (Å²) in [6.07, 6.45) is 3.99. The first-order valence-electron chi connectivity index (χ1n) is 13.0. The van der Waals surface area contributed by atoms with Crippen molar-refractivity contribution in [2.75, 3.05) is 14.2 Å². The summed E-state index contributed by atoms with van der Waals surface area (Å²) in [7, 11) is -0.627. The summed E-state index contributed by atoms with van der Waals surface area (Å²) in [5.74, 6) is 1.42. The summed E-state index contributed by atoms with van der Waals surface area (Å²) in [5, 5.41) is 19.7. The van der Waals surface area contributed by atoms with Crippen molar-refractivity contribution in [1.29, 1.82) is 0 Å². The quantitative estimate of drug-likeness (QED) is 0.259. The zero-order chi connectivity index (χ0) is 27.4. The van der Waals surface area contributed by atoms with Crippen molar-refractivity contribution in [3.05, 3.63) is 47.5 Å². The molecule has 0 atom stereocenters. The van der Waals surface area contributed by atoms with Crippen LogP contribution in [0.5, 0.6) is 23.0 Å². The van der Waals surface area contributed by atoms with E-state index in [2.05, 4.69) is 53.9 Å². The van der Waals surface area contributed by atoms with Crippen molar-refractivity contribution in [3.8, 4) is 23.0 Å². The number of benzene rings is 2. The Labute approximate surface area is 221 Å². The predicted octanol–water partition coefficient (Wildman–Crippen LogP) is 7.71. The smallest absolute Gasteiger partial charge is 0.160 e. The fourth-order valence-corrected chi connectivity index (χ4v) is 10.3. The van der Waals surface area contributed by atoms with E-state index in [4.69, 9.17) is 13.9 Å². The lowest BCUT2D eigenvalue weighted by molar-refractivity contribution is 0.159. The van der Waals surface area contributed by atoms with Gasteiger partial charge in [-0.3, -0.25) is 0 Å². The first-order chi connectivity index (χ1) is 16.5. The van der Waals surface area contributed by atoms with Gasteiger partial charge in [-0.2, -0.15) is 19.1 Å². The second-order valence-electron chi connectivity index (χ2n) is 12.3. The zero-order valence-corrected chi connectivity index (χ0v) is 26.1. The molecule has 7 heteroatoms. The number of hydrogen-bond donors (Lipinski definition) is 2. The van der Waals surface area contributed by atoms with Gasteiger partial charge in [0.1, 0.15) is 0 Å². The van der Waals surface area contributed by atoms with Gasteiger partial charge in [-0.15, -0.1) is 26.2 Å². The Hall–Kier alpha value is -1.97. The third kappa shape index (κ3) is 7.29. The van der Waals surface area contributed by atoms with Crippen molar-refractivity contribution in [3.63, 3.8) is 0 Å². The van der Waals surface area contributed by atoms with Crippen LogP contribution in [-0.2, 0) is 17.3 Å². The van der Waals surface area contributed by atoms with Crippen molar-refractivity contribution in [2.24, 2.45) is 0 Å². The summed E-state index contributed by atoms with van der Waals surface area (Å²) in [6.45, 7) is 18.9. The van der Waals surface area contributed by atoms with Crippen LogP contribution < -0.4 is 9.47 Å². The Bertz CT molecular complexity index is 1010. The average molecular weight is 533 g/mol. The molecule has 5 nitrogen and oxygen atoms in total. The average Bonchev–Trinajstić information content (AvgIpc) is 2.78. The van der Waals surface area contributed by atoms with Crippen LogP contribution in [0.15, 0.2) is 36.4 Å². The third-order valence-corrected chi connectivity index (χ3v) is 18.3. The van der Waals surface area contributed by atoms with E-state index in [0.717, 1.165) is 25.7 Å². The van der Waals surface area contributed by atoms with E-state index in [-0.39, 0.29) is 21.8 Å². The van der Waals surface area contributed by atoms with E-state index in [0.29, 0.717) is 11.5 Å². The number of aryl methyl sites for hydroxylation is 2. The summed E-state index contributed by atoms with van der Waals surface area (Å²) in [6, 6.07) is 12.4. The molecule has 2 aromatic rings. The Balaban J connectivity index is 2.03. The number of rotatable bonds is 13. The van der Waals surface area contributed by atoms with Crippen LogP contribution in [0.1, 0.15) is 51.7 Å². The lowest BCUT2D eigenvalue weighted by Crippen LogP contribution is -2.59. The van der Waals surface area contributed by atoms with Gasteiger partial charge < -0.3 is 24.1 Å². The van der Waals surface area contributed by atoms with Crippen molar-refractivity contribution >= 4 is 16.4 Å². The fraction of sp³-hybridized carbons (Fsp3) is 0.586. The number of methoxy groups -OCH3 is 2. The minimum atomic E-state index is -2.07. The first kappa shape index (κ1) is 30.3. The van der Waals surface area contributed by atoms with Crippen LogP contribution in [0.25, 0.3) is 0 Å². The molecule has 2 aromatic carbocycles. The van der Waals surface area contributed by atoms with Gasteiger partial charge in [-0.05, 0) is 56.6 Å². The molecular weight excluding hydrogens is 484 g/mol. The van der Waals surface area contributed by atoms with E-state index in [1.807, 2.05) is 24.3 Å². The Morgan fingerprint density at radius 3 is 1.69 bits per heavy atom. The highest BCUT2D eigenvalue weighted by Crippen LogP contribution is 2.46. The zero-order valence-electron chi connectivity index (χ0n) is 24.1. The van der Waals surface area contributed by atoms with Gasteiger partial charge in [0.15, 0.2) is 23.0 Å². The Morgan fingerprint density at radius 2 is 1.22 bits per heavy atom. The van der Waals surface area contributed by atoms with Gasteiger partial charge in [-0.25, -0.2) is 0 Å². The molecule has 0 unspecified atom stereocenters. The molecule has 2 rings (SSSR count). The van der Waals surface area contributed by atoms with Gasteiger partial charge in [0.25, 0.3) is 0 Å². The molecule has 0 heterocycles. The maximum Gasteiger partial charge on any atom is 0.160 e. The maximum absolute atomic E-state index is 9.91. The van der Waals surface area contributed by atoms with E-state index < -0.39 is 16.4 Å². The number of ether oxygens (including phenoxy) is 2. The maximum atomic E-state index is 9.91.